The summed E-state index contributed by atoms with van der Waals surface area (Å²) in [5.41, 5.74) is 7.98. The zero-order chi connectivity index (χ0) is 16.6. The Morgan fingerprint density at radius 1 is 0.783 bits per heavy atom. The number of pyridine rings is 1. The van der Waals surface area contributed by atoms with E-state index < -0.39 is 0 Å². The summed E-state index contributed by atoms with van der Waals surface area (Å²) in [6.45, 7) is 11.2. The second-order valence-electron chi connectivity index (χ2n) is 6.78. The molecule has 0 spiro atoms. The van der Waals surface area contributed by atoms with Crippen molar-refractivity contribution in [3.05, 3.63) is 52.2 Å². The standard InChI is InChI=1S/C22H27N/c1-6-7-8-13-20-18-11-9-10-12-19(18)21-16(4)14(2)15(3)17(5)22(21)23-20/h9-12H,6-8,13H2,1-5H3. The Labute approximate surface area is 139 Å². The van der Waals surface area contributed by atoms with Crippen molar-refractivity contribution in [1.29, 1.82) is 0 Å². The number of nitrogens with zero attached hydrogens (tertiary/aromatic N) is 1. The summed E-state index contributed by atoms with van der Waals surface area (Å²) in [5.74, 6) is 0. The average Bonchev–Trinajstić information content (AvgIpc) is 2.57. The maximum atomic E-state index is 5.14. The van der Waals surface area contributed by atoms with Crippen LogP contribution < -0.4 is 0 Å². The van der Waals surface area contributed by atoms with Crippen molar-refractivity contribution in [3.63, 3.8) is 0 Å². The molecule has 0 atom stereocenters. The molecule has 3 aromatic rings. The predicted octanol–water partition coefficient (Wildman–Crippen LogP) is 6.35. The van der Waals surface area contributed by atoms with Crippen LogP contribution in [-0.2, 0) is 6.42 Å². The molecule has 0 aliphatic heterocycles. The molecule has 23 heavy (non-hydrogen) atoms. The Kier molecular flexibility index (Phi) is 4.39. The fourth-order valence-corrected chi connectivity index (χ4v) is 3.64. The molecule has 2 aromatic carbocycles. The molecule has 0 amide bonds. The van der Waals surface area contributed by atoms with Gasteiger partial charge in [0.05, 0.1) is 5.52 Å². The molecule has 0 aliphatic rings. The summed E-state index contributed by atoms with van der Waals surface area (Å²) in [5, 5.41) is 4.05. The summed E-state index contributed by atoms with van der Waals surface area (Å²) >= 11 is 0. The topological polar surface area (TPSA) is 12.9 Å². The lowest BCUT2D eigenvalue weighted by molar-refractivity contribution is 0.711. The van der Waals surface area contributed by atoms with Gasteiger partial charge in [0, 0.05) is 16.5 Å². The van der Waals surface area contributed by atoms with Crippen molar-refractivity contribution >= 4 is 21.7 Å². The molecule has 120 valence electrons. The number of fused-ring (bicyclic) bond motifs is 3. The van der Waals surface area contributed by atoms with Crippen LogP contribution in [-0.4, -0.2) is 4.98 Å². The van der Waals surface area contributed by atoms with Gasteiger partial charge >= 0.3 is 0 Å². The molecule has 0 radical (unpaired) electrons. The highest BCUT2D eigenvalue weighted by atomic mass is 14.7. The fraction of sp³-hybridized carbons (Fsp3) is 0.409. The van der Waals surface area contributed by atoms with Crippen molar-refractivity contribution in [2.45, 2.75) is 60.3 Å². The number of hydrogen-bond donors (Lipinski definition) is 0. The number of hydrogen-bond acceptors (Lipinski definition) is 1. The highest BCUT2D eigenvalue weighted by molar-refractivity contribution is 6.09. The summed E-state index contributed by atoms with van der Waals surface area (Å²) in [6.07, 6.45) is 4.83. The summed E-state index contributed by atoms with van der Waals surface area (Å²) in [6, 6.07) is 8.81. The van der Waals surface area contributed by atoms with E-state index in [2.05, 4.69) is 58.9 Å². The SMILES string of the molecule is CCCCCc1nc2c(C)c(C)c(C)c(C)c2c2ccccc12. The lowest BCUT2D eigenvalue weighted by atomic mass is 9.90. The van der Waals surface area contributed by atoms with E-state index in [1.165, 1.54) is 68.9 Å². The number of benzene rings is 2. The van der Waals surface area contributed by atoms with Crippen molar-refractivity contribution in [2.75, 3.05) is 0 Å². The third-order valence-electron chi connectivity index (χ3n) is 5.43. The maximum Gasteiger partial charge on any atom is 0.0746 e. The van der Waals surface area contributed by atoms with Gasteiger partial charge in [0.1, 0.15) is 0 Å². The van der Waals surface area contributed by atoms with E-state index in [-0.39, 0.29) is 0 Å². The quantitative estimate of drug-likeness (QED) is 0.404. The third kappa shape index (κ3) is 2.63. The van der Waals surface area contributed by atoms with Crippen molar-refractivity contribution in [1.82, 2.24) is 4.98 Å². The normalized spacial score (nSPS) is 11.5. The lowest BCUT2D eigenvalue weighted by Gasteiger charge is -2.17. The van der Waals surface area contributed by atoms with Gasteiger partial charge in [0.15, 0.2) is 0 Å². The lowest BCUT2D eigenvalue weighted by Crippen LogP contribution is -2.01. The molecule has 1 heterocycles. The minimum Gasteiger partial charge on any atom is -0.252 e. The monoisotopic (exact) mass is 305 g/mol. The molecule has 1 heteroatoms. The molecule has 1 aromatic heterocycles. The minimum absolute atomic E-state index is 1.08. The van der Waals surface area contributed by atoms with Gasteiger partial charge in [0.2, 0.25) is 0 Å². The average molecular weight is 305 g/mol. The Morgan fingerprint density at radius 2 is 1.43 bits per heavy atom. The van der Waals surface area contributed by atoms with Crippen LogP contribution in [0.15, 0.2) is 24.3 Å². The first kappa shape index (κ1) is 16.0. The van der Waals surface area contributed by atoms with Crippen molar-refractivity contribution in [3.8, 4) is 0 Å². The number of rotatable bonds is 4. The van der Waals surface area contributed by atoms with Crippen LogP contribution in [0.3, 0.4) is 0 Å². The highest BCUT2D eigenvalue weighted by Crippen LogP contribution is 2.34. The Hall–Kier alpha value is -1.89. The number of aromatic nitrogens is 1. The van der Waals surface area contributed by atoms with E-state index in [1.807, 2.05) is 0 Å². The van der Waals surface area contributed by atoms with E-state index in [0.717, 1.165) is 6.42 Å². The summed E-state index contributed by atoms with van der Waals surface area (Å²) in [4.78, 5) is 5.14. The molecule has 0 N–H and O–H groups in total. The Morgan fingerprint density at radius 3 is 2.13 bits per heavy atom. The van der Waals surface area contributed by atoms with Crippen LogP contribution in [0.5, 0.6) is 0 Å². The summed E-state index contributed by atoms with van der Waals surface area (Å²) < 4.78 is 0. The van der Waals surface area contributed by atoms with Gasteiger partial charge < -0.3 is 0 Å². The summed E-state index contributed by atoms with van der Waals surface area (Å²) in [7, 11) is 0. The van der Waals surface area contributed by atoms with E-state index in [9.17, 15) is 0 Å². The first-order valence-corrected chi connectivity index (χ1v) is 8.84. The van der Waals surface area contributed by atoms with Gasteiger partial charge in [-0.3, -0.25) is 4.98 Å². The third-order valence-corrected chi connectivity index (χ3v) is 5.43. The Balaban J connectivity index is 2.37. The second kappa shape index (κ2) is 6.31. The molecule has 3 rings (SSSR count). The van der Waals surface area contributed by atoms with E-state index in [1.54, 1.807) is 0 Å². The van der Waals surface area contributed by atoms with Gasteiger partial charge in [-0.2, -0.15) is 0 Å². The highest BCUT2D eigenvalue weighted by Gasteiger charge is 2.15. The molecule has 1 nitrogen and oxygen atoms in total. The minimum atomic E-state index is 1.08. The zero-order valence-electron chi connectivity index (χ0n) is 15.1. The van der Waals surface area contributed by atoms with E-state index in [0.29, 0.717) is 0 Å². The smallest absolute Gasteiger partial charge is 0.0746 e. The first-order chi connectivity index (χ1) is 11.1. The molecular formula is C22H27N. The Bertz CT molecular complexity index is 874. The van der Waals surface area contributed by atoms with Crippen molar-refractivity contribution < 1.29 is 0 Å². The molecular weight excluding hydrogens is 278 g/mol. The van der Waals surface area contributed by atoms with E-state index >= 15 is 0 Å². The number of aryl methyl sites for hydroxylation is 3. The van der Waals surface area contributed by atoms with Gasteiger partial charge in [0.25, 0.3) is 0 Å². The van der Waals surface area contributed by atoms with Crippen LogP contribution in [0.2, 0.25) is 0 Å². The fourth-order valence-electron chi connectivity index (χ4n) is 3.64. The van der Waals surface area contributed by atoms with Crippen LogP contribution >= 0.6 is 0 Å². The molecule has 0 aliphatic carbocycles. The van der Waals surface area contributed by atoms with E-state index in [4.69, 9.17) is 4.98 Å². The molecule has 0 fully saturated rings. The molecule has 0 saturated carbocycles. The first-order valence-electron chi connectivity index (χ1n) is 8.84. The molecule has 0 bridgehead atoms. The van der Waals surface area contributed by atoms with Gasteiger partial charge in [-0.15, -0.1) is 0 Å². The molecule has 0 saturated heterocycles. The van der Waals surface area contributed by atoms with Gasteiger partial charge in [-0.1, -0.05) is 44.0 Å². The molecule has 0 unspecified atom stereocenters. The largest absolute Gasteiger partial charge is 0.252 e. The van der Waals surface area contributed by atoms with Gasteiger partial charge in [-0.25, -0.2) is 0 Å². The number of unbranched alkanes of at least 4 members (excludes halogenated alkanes) is 2. The second-order valence-corrected chi connectivity index (χ2v) is 6.78. The van der Waals surface area contributed by atoms with Crippen LogP contribution in [0.25, 0.3) is 21.7 Å². The predicted molar refractivity (Wildman–Crippen MR) is 101 cm³/mol. The van der Waals surface area contributed by atoms with Crippen molar-refractivity contribution in [2.24, 2.45) is 0 Å². The van der Waals surface area contributed by atoms with Crippen LogP contribution in [0, 0.1) is 27.7 Å². The zero-order valence-corrected chi connectivity index (χ0v) is 15.1. The van der Waals surface area contributed by atoms with Crippen LogP contribution in [0.4, 0.5) is 0 Å². The van der Waals surface area contributed by atoms with Crippen LogP contribution in [0.1, 0.15) is 54.1 Å². The maximum absolute atomic E-state index is 5.14. The van der Waals surface area contributed by atoms with Gasteiger partial charge in [-0.05, 0) is 68.2 Å².